The first-order valence-electron chi connectivity index (χ1n) is 12.2. The summed E-state index contributed by atoms with van der Waals surface area (Å²) in [5.74, 6) is -1.67. The van der Waals surface area contributed by atoms with Gasteiger partial charge in [0.1, 0.15) is 6.10 Å². The van der Waals surface area contributed by atoms with Gasteiger partial charge in [0.25, 0.3) is 11.9 Å². The largest absolute Gasteiger partial charge is 0.481 e. The molecule has 0 bridgehead atoms. The summed E-state index contributed by atoms with van der Waals surface area (Å²) in [7, 11) is 0. The number of unbranched alkanes of at least 4 members (excludes halogenated alkanes) is 12. The van der Waals surface area contributed by atoms with Gasteiger partial charge in [0.2, 0.25) is 0 Å². The molecule has 1 unspecified atom stereocenters. The molecular weight excluding hydrogens is 412 g/mol. The molecule has 7 nitrogen and oxygen atoms in total. The third-order valence-electron chi connectivity index (χ3n) is 4.32. The van der Waals surface area contributed by atoms with Crippen LogP contribution in [0.25, 0.3) is 0 Å². The summed E-state index contributed by atoms with van der Waals surface area (Å²) in [4.78, 5) is 18.0. The minimum absolute atomic E-state index is 0.215. The van der Waals surface area contributed by atoms with Crippen molar-refractivity contribution in [3.05, 3.63) is 12.2 Å². The number of carboxylic acid groups (broad SMARTS) is 2. The molecule has 32 heavy (non-hydrogen) atoms. The van der Waals surface area contributed by atoms with Gasteiger partial charge >= 0.3 is 0 Å². The van der Waals surface area contributed by atoms with Crippen LogP contribution in [0, 0.1) is 0 Å². The second kappa shape index (κ2) is 31.7. The topological polar surface area (TPSA) is 124 Å². The van der Waals surface area contributed by atoms with Crippen LogP contribution in [-0.4, -0.2) is 58.3 Å². The first-order valence-corrected chi connectivity index (χ1v) is 12.2. The standard InChI is InChI=1S/C21H42O3.2C2H4O2/c1-2-3-4-5-6-7-8-9-10-11-12-13-14-15-16-17-18-24-20-21(23)19-22;2*1-2(3)4/h9-10,21-23H,2-8,11-20H2,1H3;2*1H3,(H,3,4). The third-order valence-corrected chi connectivity index (χ3v) is 4.32. The van der Waals surface area contributed by atoms with Gasteiger partial charge in [-0.15, -0.1) is 0 Å². The Labute approximate surface area is 195 Å². The first kappa shape index (κ1) is 35.2. The highest BCUT2D eigenvalue weighted by atomic mass is 16.5. The van der Waals surface area contributed by atoms with E-state index in [0.29, 0.717) is 6.61 Å². The summed E-state index contributed by atoms with van der Waals surface area (Å²) in [6, 6.07) is 0. The average Bonchev–Trinajstić information content (AvgIpc) is 2.72. The summed E-state index contributed by atoms with van der Waals surface area (Å²) < 4.78 is 5.29. The average molecular weight is 463 g/mol. The Kier molecular flexibility index (Phi) is 34.9. The van der Waals surface area contributed by atoms with Gasteiger partial charge in [-0.2, -0.15) is 0 Å². The number of carbonyl (C=O) groups is 2. The molecule has 0 aromatic heterocycles. The Morgan fingerprint density at radius 2 is 1.12 bits per heavy atom. The highest BCUT2D eigenvalue weighted by molar-refractivity contribution is 5.63. The second-order valence-electron chi connectivity index (χ2n) is 7.89. The van der Waals surface area contributed by atoms with Crippen LogP contribution in [0.4, 0.5) is 0 Å². The molecule has 0 aromatic carbocycles. The minimum atomic E-state index is -0.833. The molecule has 1 atom stereocenters. The van der Waals surface area contributed by atoms with Gasteiger partial charge in [0, 0.05) is 20.5 Å². The number of ether oxygens (including phenoxy) is 1. The van der Waals surface area contributed by atoms with E-state index in [-0.39, 0.29) is 13.2 Å². The number of hydrogen-bond donors (Lipinski definition) is 4. The molecule has 0 aromatic rings. The number of allylic oxidation sites excluding steroid dienone is 2. The predicted molar refractivity (Wildman–Crippen MR) is 130 cm³/mol. The lowest BCUT2D eigenvalue weighted by atomic mass is 10.1. The van der Waals surface area contributed by atoms with Crippen LogP contribution in [0.15, 0.2) is 12.2 Å². The normalized spacial score (nSPS) is 11.3. The van der Waals surface area contributed by atoms with Gasteiger partial charge in [-0.05, 0) is 32.1 Å². The number of hydrogen-bond acceptors (Lipinski definition) is 5. The maximum Gasteiger partial charge on any atom is 0.300 e. The summed E-state index contributed by atoms with van der Waals surface area (Å²) in [5.41, 5.74) is 0. The van der Waals surface area contributed by atoms with Crippen molar-refractivity contribution in [2.75, 3.05) is 19.8 Å². The van der Waals surface area contributed by atoms with E-state index < -0.39 is 18.0 Å². The zero-order valence-corrected chi connectivity index (χ0v) is 20.8. The Balaban J connectivity index is -0.000000896. The van der Waals surface area contributed by atoms with Crippen LogP contribution < -0.4 is 0 Å². The number of aliphatic hydroxyl groups is 2. The zero-order valence-electron chi connectivity index (χ0n) is 20.8. The minimum Gasteiger partial charge on any atom is -0.481 e. The fourth-order valence-corrected chi connectivity index (χ4v) is 2.72. The Morgan fingerprint density at radius 3 is 1.53 bits per heavy atom. The smallest absolute Gasteiger partial charge is 0.300 e. The molecular formula is C25H50O7. The van der Waals surface area contributed by atoms with E-state index in [9.17, 15) is 0 Å². The monoisotopic (exact) mass is 462 g/mol. The number of aliphatic hydroxyl groups excluding tert-OH is 2. The van der Waals surface area contributed by atoms with E-state index in [2.05, 4.69) is 19.1 Å². The molecule has 0 heterocycles. The highest BCUT2D eigenvalue weighted by Gasteiger charge is 2.00. The van der Waals surface area contributed by atoms with Crippen molar-refractivity contribution in [2.45, 2.75) is 117 Å². The van der Waals surface area contributed by atoms with E-state index in [1.165, 1.54) is 83.5 Å². The molecule has 4 N–H and O–H groups in total. The Bertz CT molecular complexity index is 391. The molecule has 0 saturated carbocycles. The second-order valence-corrected chi connectivity index (χ2v) is 7.89. The molecule has 0 aliphatic carbocycles. The highest BCUT2D eigenvalue weighted by Crippen LogP contribution is 2.10. The molecule has 0 rings (SSSR count). The maximum absolute atomic E-state index is 9.11. The van der Waals surface area contributed by atoms with Crippen molar-refractivity contribution in [3.63, 3.8) is 0 Å². The predicted octanol–water partition coefficient (Wildman–Crippen LogP) is 5.58. The first-order chi connectivity index (χ1) is 15.3. The van der Waals surface area contributed by atoms with Crippen molar-refractivity contribution in [3.8, 4) is 0 Å². The van der Waals surface area contributed by atoms with Crippen LogP contribution in [-0.2, 0) is 14.3 Å². The number of carboxylic acids is 2. The fraction of sp³-hybridized carbons (Fsp3) is 0.840. The molecule has 0 aliphatic heterocycles. The zero-order chi connectivity index (χ0) is 24.9. The van der Waals surface area contributed by atoms with Gasteiger partial charge in [-0.1, -0.05) is 76.9 Å². The van der Waals surface area contributed by atoms with E-state index in [1.807, 2.05) is 0 Å². The lowest BCUT2D eigenvalue weighted by molar-refractivity contribution is -0.135. The molecule has 7 heteroatoms. The van der Waals surface area contributed by atoms with Crippen LogP contribution in [0.1, 0.15) is 111 Å². The maximum atomic E-state index is 9.11. The van der Waals surface area contributed by atoms with Gasteiger partial charge in [0.15, 0.2) is 0 Å². The Hall–Kier alpha value is -1.44. The fourth-order valence-electron chi connectivity index (χ4n) is 2.72. The number of rotatable bonds is 19. The molecule has 0 spiro atoms. The van der Waals surface area contributed by atoms with Crippen molar-refractivity contribution < 1.29 is 34.8 Å². The van der Waals surface area contributed by atoms with Gasteiger partial charge < -0.3 is 25.2 Å². The third kappa shape index (κ3) is 51.3. The summed E-state index contributed by atoms with van der Waals surface area (Å²) in [6.45, 7) is 5.16. The lowest BCUT2D eigenvalue weighted by Gasteiger charge is -2.07. The molecule has 0 saturated heterocycles. The molecule has 0 fully saturated rings. The summed E-state index contributed by atoms with van der Waals surface area (Å²) in [6.07, 6.45) is 22.3. The van der Waals surface area contributed by atoms with Crippen LogP contribution >= 0.6 is 0 Å². The van der Waals surface area contributed by atoms with E-state index in [0.717, 1.165) is 20.3 Å². The van der Waals surface area contributed by atoms with E-state index in [4.69, 9.17) is 34.8 Å². The SMILES string of the molecule is CC(=O)O.CC(=O)O.CCCCCCCCC=CCCCCCCCCOCC(O)CO. The molecule has 0 amide bonds. The van der Waals surface area contributed by atoms with E-state index in [1.54, 1.807) is 0 Å². The van der Waals surface area contributed by atoms with Crippen LogP contribution in [0.3, 0.4) is 0 Å². The van der Waals surface area contributed by atoms with Crippen LogP contribution in [0.2, 0.25) is 0 Å². The Morgan fingerprint density at radius 1 is 0.750 bits per heavy atom. The van der Waals surface area contributed by atoms with Crippen molar-refractivity contribution >= 4 is 11.9 Å². The van der Waals surface area contributed by atoms with Crippen molar-refractivity contribution in [2.24, 2.45) is 0 Å². The van der Waals surface area contributed by atoms with Gasteiger partial charge in [0.05, 0.1) is 13.2 Å². The lowest BCUT2D eigenvalue weighted by Crippen LogP contribution is -2.19. The summed E-state index contributed by atoms with van der Waals surface area (Å²) >= 11 is 0. The van der Waals surface area contributed by atoms with E-state index >= 15 is 0 Å². The van der Waals surface area contributed by atoms with Gasteiger partial charge in [-0.25, -0.2) is 0 Å². The van der Waals surface area contributed by atoms with Crippen LogP contribution in [0.5, 0.6) is 0 Å². The van der Waals surface area contributed by atoms with Crippen molar-refractivity contribution in [1.29, 1.82) is 0 Å². The van der Waals surface area contributed by atoms with Gasteiger partial charge in [-0.3, -0.25) is 9.59 Å². The molecule has 0 radical (unpaired) electrons. The molecule has 192 valence electrons. The summed E-state index contributed by atoms with van der Waals surface area (Å²) in [5, 5.41) is 32.6. The quantitative estimate of drug-likeness (QED) is 0.146. The molecule has 0 aliphatic rings. The number of aliphatic carboxylic acids is 2. The van der Waals surface area contributed by atoms with Crippen molar-refractivity contribution in [1.82, 2.24) is 0 Å².